The maximum atomic E-state index is 12.7. The molecule has 0 saturated heterocycles. The zero-order valence-electron chi connectivity index (χ0n) is 17.0. The first-order valence-corrected chi connectivity index (χ1v) is 11.4. The molecule has 4 aromatic rings. The van der Waals surface area contributed by atoms with Crippen LogP contribution in [-0.4, -0.2) is 32.6 Å². The van der Waals surface area contributed by atoms with Crippen LogP contribution in [0.5, 0.6) is 0 Å². The van der Waals surface area contributed by atoms with Gasteiger partial charge in [0.05, 0.1) is 13.1 Å². The van der Waals surface area contributed by atoms with Gasteiger partial charge in [0.2, 0.25) is 5.91 Å². The standard InChI is InChI=1S/C24H21BrN4OS/c1-28(16-22-12-21(25)17-31-22)23(30)10-9-20-15-29(14-18-6-3-2-4-7-18)27-24(20)19-8-5-11-26-13-19/h2-13,15,17H,14,16H2,1H3/b10-9+. The molecule has 3 aromatic heterocycles. The van der Waals surface area contributed by atoms with Crippen molar-refractivity contribution in [2.75, 3.05) is 7.05 Å². The fourth-order valence-corrected chi connectivity index (χ4v) is 4.68. The molecule has 0 spiro atoms. The highest BCUT2D eigenvalue weighted by Crippen LogP contribution is 2.24. The van der Waals surface area contributed by atoms with Crippen LogP contribution in [0.1, 0.15) is 16.0 Å². The van der Waals surface area contributed by atoms with Crippen molar-refractivity contribution in [3.63, 3.8) is 0 Å². The van der Waals surface area contributed by atoms with E-state index in [0.717, 1.165) is 31.7 Å². The van der Waals surface area contributed by atoms with E-state index < -0.39 is 0 Å². The average molecular weight is 493 g/mol. The third-order valence-corrected chi connectivity index (χ3v) is 6.39. The number of amides is 1. The summed E-state index contributed by atoms with van der Waals surface area (Å²) in [6, 6.07) is 16.1. The summed E-state index contributed by atoms with van der Waals surface area (Å²) in [4.78, 5) is 19.7. The molecule has 0 unspecified atom stereocenters. The maximum Gasteiger partial charge on any atom is 0.246 e. The minimum absolute atomic E-state index is 0.0579. The topological polar surface area (TPSA) is 51.0 Å². The van der Waals surface area contributed by atoms with Gasteiger partial charge < -0.3 is 4.90 Å². The second-order valence-corrected chi connectivity index (χ2v) is 9.03. The van der Waals surface area contributed by atoms with Crippen molar-refractivity contribution in [3.05, 3.63) is 99.1 Å². The number of carbonyl (C=O) groups is 1. The number of carbonyl (C=O) groups excluding carboxylic acids is 1. The summed E-state index contributed by atoms with van der Waals surface area (Å²) in [5, 5.41) is 6.78. The number of thiophene rings is 1. The fraction of sp³-hybridized carbons (Fsp3) is 0.125. The van der Waals surface area contributed by atoms with E-state index in [-0.39, 0.29) is 5.91 Å². The Morgan fingerprint density at radius 3 is 2.77 bits per heavy atom. The third-order valence-electron chi connectivity index (χ3n) is 4.71. The Balaban J connectivity index is 1.56. The number of benzene rings is 1. The van der Waals surface area contributed by atoms with Gasteiger partial charge in [-0.2, -0.15) is 5.10 Å². The summed E-state index contributed by atoms with van der Waals surface area (Å²) in [7, 11) is 1.81. The molecule has 0 aliphatic rings. The molecule has 0 fully saturated rings. The molecule has 31 heavy (non-hydrogen) atoms. The summed E-state index contributed by atoms with van der Waals surface area (Å²) >= 11 is 5.08. The normalized spacial score (nSPS) is 11.2. The molecule has 0 aliphatic heterocycles. The van der Waals surface area contributed by atoms with Crippen LogP contribution in [0.4, 0.5) is 0 Å². The molecule has 0 radical (unpaired) electrons. The van der Waals surface area contributed by atoms with Gasteiger partial charge in [0.1, 0.15) is 5.69 Å². The van der Waals surface area contributed by atoms with E-state index >= 15 is 0 Å². The number of aromatic nitrogens is 3. The summed E-state index contributed by atoms with van der Waals surface area (Å²) in [6.45, 7) is 1.23. The van der Waals surface area contributed by atoms with Gasteiger partial charge in [-0.25, -0.2) is 0 Å². The van der Waals surface area contributed by atoms with Crippen LogP contribution >= 0.6 is 27.3 Å². The third kappa shape index (κ3) is 5.57. The number of pyridine rings is 1. The van der Waals surface area contributed by atoms with Gasteiger partial charge >= 0.3 is 0 Å². The first-order chi connectivity index (χ1) is 15.1. The van der Waals surface area contributed by atoms with Crippen LogP contribution in [0, 0.1) is 0 Å². The quantitative estimate of drug-likeness (QED) is 0.320. The molecule has 4 rings (SSSR count). The van der Waals surface area contributed by atoms with Gasteiger partial charge in [-0.3, -0.25) is 14.5 Å². The molecule has 0 saturated carbocycles. The summed E-state index contributed by atoms with van der Waals surface area (Å²) in [5.41, 5.74) is 3.76. The second kappa shape index (κ2) is 9.85. The van der Waals surface area contributed by atoms with E-state index in [0.29, 0.717) is 13.1 Å². The van der Waals surface area contributed by atoms with Crippen LogP contribution in [0.2, 0.25) is 0 Å². The lowest BCUT2D eigenvalue weighted by molar-refractivity contribution is -0.125. The Morgan fingerprint density at radius 2 is 2.06 bits per heavy atom. The van der Waals surface area contributed by atoms with Gasteiger partial charge in [-0.05, 0) is 45.8 Å². The maximum absolute atomic E-state index is 12.7. The zero-order valence-corrected chi connectivity index (χ0v) is 19.4. The second-order valence-electron chi connectivity index (χ2n) is 7.12. The van der Waals surface area contributed by atoms with Crippen molar-refractivity contribution in [1.29, 1.82) is 0 Å². The van der Waals surface area contributed by atoms with Crippen LogP contribution in [0.3, 0.4) is 0 Å². The smallest absolute Gasteiger partial charge is 0.246 e. The monoisotopic (exact) mass is 492 g/mol. The molecule has 1 aromatic carbocycles. The molecule has 3 heterocycles. The predicted molar refractivity (Wildman–Crippen MR) is 129 cm³/mol. The molecule has 0 aliphatic carbocycles. The molecule has 0 bridgehead atoms. The molecule has 5 nitrogen and oxygen atoms in total. The number of hydrogen-bond donors (Lipinski definition) is 0. The van der Waals surface area contributed by atoms with E-state index in [1.54, 1.807) is 41.8 Å². The van der Waals surface area contributed by atoms with Crippen molar-refractivity contribution < 1.29 is 4.79 Å². The van der Waals surface area contributed by atoms with E-state index in [1.807, 2.05) is 58.7 Å². The van der Waals surface area contributed by atoms with E-state index in [4.69, 9.17) is 5.10 Å². The fourth-order valence-electron chi connectivity index (χ4n) is 3.17. The van der Waals surface area contributed by atoms with Gasteiger partial charge in [0, 0.05) is 57.6 Å². The lowest BCUT2D eigenvalue weighted by atomic mass is 10.1. The van der Waals surface area contributed by atoms with Crippen molar-refractivity contribution in [2.24, 2.45) is 0 Å². The molecular formula is C24H21BrN4OS. The lowest BCUT2D eigenvalue weighted by Crippen LogP contribution is -2.23. The van der Waals surface area contributed by atoms with Crippen molar-refractivity contribution in [1.82, 2.24) is 19.7 Å². The zero-order chi connectivity index (χ0) is 21.6. The number of nitrogens with zero attached hydrogens (tertiary/aromatic N) is 4. The highest BCUT2D eigenvalue weighted by molar-refractivity contribution is 9.10. The lowest BCUT2D eigenvalue weighted by Gasteiger charge is -2.13. The Hall–Kier alpha value is -3.03. The van der Waals surface area contributed by atoms with Crippen LogP contribution < -0.4 is 0 Å². The molecule has 156 valence electrons. The summed E-state index contributed by atoms with van der Waals surface area (Å²) in [6.07, 6.45) is 8.93. The number of halogens is 1. The molecule has 7 heteroatoms. The van der Waals surface area contributed by atoms with Gasteiger partial charge in [0.25, 0.3) is 0 Å². The van der Waals surface area contributed by atoms with Crippen LogP contribution in [0.25, 0.3) is 17.3 Å². The van der Waals surface area contributed by atoms with Crippen molar-refractivity contribution in [3.8, 4) is 11.3 Å². The van der Waals surface area contributed by atoms with Gasteiger partial charge in [-0.1, -0.05) is 30.3 Å². The number of rotatable bonds is 7. The highest BCUT2D eigenvalue weighted by Gasteiger charge is 2.12. The molecule has 0 N–H and O–H groups in total. The van der Waals surface area contributed by atoms with E-state index in [2.05, 4.69) is 33.0 Å². The summed E-state index contributed by atoms with van der Waals surface area (Å²) < 4.78 is 2.94. The number of likely N-dealkylation sites (N-methyl/N-ethyl adjacent to an activating group) is 1. The van der Waals surface area contributed by atoms with E-state index in [9.17, 15) is 4.79 Å². The Bertz CT molecular complexity index is 1180. The SMILES string of the molecule is CN(Cc1cc(Br)cs1)C(=O)/C=C/c1cn(Cc2ccccc2)nc1-c1cccnc1. The van der Waals surface area contributed by atoms with Crippen molar-refractivity contribution in [2.45, 2.75) is 13.1 Å². The Labute approximate surface area is 193 Å². The minimum Gasteiger partial charge on any atom is -0.337 e. The Morgan fingerprint density at radius 1 is 1.23 bits per heavy atom. The first kappa shape index (κ1) is 21.2. The molecule has 1 amide bonds. The van der Waals surface area contributed by atoms with Gasteiger partial charge in [-0.15, -0.1) is 11.3 Å². The largest absolute Gasteiger partial charge is 0.337 e. The highest BCUT2D eigenvalue weighted by atomic mass is 79.9. The molecular weight excluding hydrogens is 472 g/mol. The van der Waals surface area contributed by atoms with Crippen LogP contribution in [-0.2, 0) is 17.9 Å². The number of hydrogen-bond acceptors (Lipinski definition) is 4. The summed E-state index contributed by atoms with van der Waals surface area (Å²) in [5.74, 6) is -0.0579. The van der Waals surface area contributed by atoms with Crippen LogP contribution in [0.15, 0.2) is 83.1 Å². The van der Waals surface area contributed by atoms with E-state index in [1.165, 1.54) is 0 Å². The Kier molecular flexibility index (Phi) is 6.74. The predicted octanol–water partition coefficient (Wildman–Crippen LogP) is 5.49. The molecule has 0 atom stereocenters. The minimum atomic E-state index is -0.0579. The van der Waals surface area contributed by atoms with Crippen molar-refractivity contribution >= 4 is 39.2 Å². The van der Waals surface area contributed by atoms with Gasteiger partial charge in [0.15, 0.2) is 0 Å². The average Bonchev–Trinajstić information content (AvgIpc) is 3.39. The first-order valence-electron chi connectivity index (χ1n) is 9.76.